The van der Waals surface area contributed by atoms with Crippen LogP contribution in [0.4, 0.5) is 0 Å². The third-order valence-corrected chi connectivity index (χ3v) is 6.86. The Morgan fingerprint density at radius 3 is 2.40 bits per heavy atom. The molecule has 1 aromatic rings. The topological polar surface area (TPSA) is 84.0 Å². The predicted molar refractivity (Wildman–Crippen MR) is 94.1 cm³/mol. The number of aromatic amines is 1. The van der Waals surface area contributed by atoms with Gasteiger partial charge in [0.25, 0.3) is 5.56 Å². The van der Waals surface area contributed by atoms with Crippen LogP contribution in [0.15, 0.2) is 21.9 Å². The fraction of sp³-hybridized carbons (Fsp3) is 0.737. The number of nitrogens with zero attached hydrogens (tertiary/aromatic N) is 1. The quantitative estimate of drug-likeness (QED) is 0.851. The molecular formula is C19H27N3O3. The van der Waals surface area contributed by atoms with Crippen molar-refractivity contribution in [3.63, 3.8) is 0 Å². The molecule has 4 bridgehead atoms. The molecule has 136 valence electrons. The van der Waals surface area contributed by atoms with Gasteiger partial charge in [0.15, 0.2) is 0 Å². The third-order valence-electron chi connectivity index (χ3n) is 6.86. The van der Waals surface area contributed by atoms with Crippen LogP contribution in [-0.4, -0.2) is 21.5 Å². The summed E-state index contributed by atoms with van der Waals surface area (Å²) in [5.74, 6) is 2.59. The lowest BCUT2D eigenvalue weighted by Crippen LogP contribution is -2.55. The predicted octanol–water partition coefficient (Wildman–Crippen LogP) is 1.65. The van der Waals surface area contributed by atoms with Crippen LogP contribution in [0.1, 0.15) is 51.9 Å². The van der Waals surface area contributed by atoms with E-state index in [9.17, 15) is 14.4 Å². The van der Waals surface area contributed by atoms with Crippen LogP contribution in [0.2, 0.25) is 0 Å². The van der Waals surface area contributed by atoms with Crippen LogP contribution < -0.4 is 16.6 Å². The number of rotatable bonds is 5. The summed E-state index contributed by atoms with van der Waals surface area (Å²) in [5.41, 5.74) is -0.588. The number of carbonyl (C=O) groups excluding carboxylic acids is 1. The van der Waals surface area contributed by atoms with Crippen LogP contribution >= 0.6 is 0 Å². The lowest BCUT2D eigenvalue weighted by molar-refractivity contribution is -0.126. The second-order valence-corrected chi connectivity index (χ2v) is 8.62. The molecule has 4 saturated carbocycles. The molecule has 6 heteroatoms. The van der Waals surface area contributed by atoms with Crippen LogP contribution in [0.5, 0.6) is 0 Å². The van der Waals surface area contributed by atoms with Gasteiger partial charge in [0, 0.05) is 31.3 Å². The van der Waals surface area contributed by atoms with E-state index in [-0.39, 0.29) is 24.9 Å². The van der Waals surface area contributed by atoms with Crippen molar-refractivity contribution in [3.8, 4) is 0 Å². The van der Waals surface area contributed by atoms with E-state index in [2.05, 4.69) is 17.2 Å². The van der Waals surface area contributed by atoms with E-state index in [0.29, 0.717) is 5.41 Å². The van der Waals surface area contributed by atoms with Gasteiger partial charge in [0.2, 0.25) is 5.91 Å². The Labute approximate surface area is 147 Å². The van der Waals surface area contributed by atoms with Crippen molar-refractivity contribution in [1.82, 2.24) is 14.9 Å². The zero-order valence-electron chi connectivity index (χ0n) is 14.8. The zero-order chi connectivity index (χ0) is 17.6. The van der Waals surface area contributed by atoms with Gasteiger partial charge in [-0.15, -0.1) is 0 Å². The minimum absolute atomic E-state index is 0.0126. The highest BCUT2D eigenvalue weighted by Crippen LogP contribution is 2.61. The van der Waals surface area contributed by atoms with Crippen molar-refractivity contribution in [2.75, 3.05) is 0 Å². The van der Waals surface area contributed by atoms with Gasteiger partial charge in [0.1, 0.15) is 0 Å². The Kier molecular flexibility index (Phi) is 4.08. The van der Waals surface area contributed by atoms with Crippen molar-refractivity contribution in [2.45, 2.75) is 64.5 Å². The Hall–Kier alpha value is -1.85. The molecule has 0 saturated heterocycles. The van der Waals surface area contributed by atoms with Crippen LogP contribution in [0.3, 0.4) is 0 Å². The molecule has 0 aromatic carbocycles. The summed E-state index contributed by atoms with van der Waals surface area (Å²) >= 11 is 0. The number of aromatic nitrogens is 2. The van der Waals surface area contributed by atoms with Crippen molar-refractivity contribution in [2.24, 2.45) is 23.2 Å². The van der Waals surface area contributed by atoms with Crippen molar-refractivity contribution >= 4 is 5.91 Å². The van der Waals surface area contributed by atoms with Gasteiger partial charge < -0.3 is 9.88 Å². The number of amides is 1. The first kappa shape index (κ1) is 16.6. The summed E-state index contributed by atoms with van der Waals surface area (Å²) in [5, 5.41) is 3.21. The molecule has 0 spiro atoms. The summed E-state index contributed by atoms with van der Waals surface area (Å²) in [6, 6.07) is 1.50. The van der Waals surface area contributed by atoms with E-state index < -0.39 is 11.2 Å². The number of hydrogen-bond acceptors (Lipinski definition) is 3. The largest absolute Gasteiger partial charge is 0.353 e. The Balaban J connectivity index is 1.36. The van der Waals surface area contributed by atoms with Crippen LogP contribution in [0, 0.1) is 23.2 Å². The maximum atomic E-state index is 12.4. The van der Waals surface area contributed by atoms with E-state index >= 15 is 0 Å². The summed E-state index contributed by atoms with van der Waals surface area (Å²) in [6.07, 6.45) is 9.68. The van der Waals surface area contributed by atoms with Crippen LogP contribution in [-0.2, 0) is 11.3 Å². The minimum atomic E-state index is -0.463. The van der Waals surface area contributed by atoms with Gasteiger partial charge in [-0.3, -0.25) is 14.6 Å². The molecule has 5 rings (SSSR count). The Bertz CT molecular complexity index is 743. The van der Waals surface area contributed by atoms with Gasteiger partial charge in [-0.1, -0.05) is 0 Å². The van der Waals surface area contributed by atoms with Gasteiger partial charge in [-0.05, 0) is 68.6 Å². The lowest BCUT2D eigenvalue weighted by Gasteiger charge is -2.59. The van der Waals surface area contributed by atoms with E-state index in [1.165, 1.54) is 55.4 Å². The smallest absolute Gasteiger partial charge is 0.328 e. The van der Waals surface area contributed by atoms with Gasteiger partial charge >= 0.3 is 5.69 Å². The number of hydrogen-bond donors (Lipinski definition) is 2. The Morgan fingerprint density at radius 1 is 1.24 bits per heavy atom. The summed E-state index contributed by atoms with van der Waals surface area (Å²) in [4.78, 5) is 37.4. The number of nitrogens with one attached hydrogen (secondary N) is 2. The molecule has 25 heavy (non-hydrogen) atoms. The molecule has 1 atom stereocenters. The molecule has 4 fully saturated rings. The van der Waals surface area contributed by atoms with Gasteiger partial charge in [-0.2, -0.15) is 0 Å². The average Bonchev–Trinajstić information content (AvgIpc) is 2.52. The van der Waals surface area contributed by atoms with E-state index in [1.54, 1.807) is 0 Å². The lowest BCUT2D eigenvalue weighted by atomic mass is 9.48. The first-order valence-electron chi connectivity index (χ1n) is 9.53. The van der Waals surface area contributed by atoms with E-state index in [0.717, 1.165) is 17.8 Å². The molecular weight excluding hydrogens is 318 g/mol. The van der Waals surface area contributed by atoms with Crippen molar-refractivity contribution < 1.29 is 4.79 Å². The van der Waals surface area contributed by atoms with E-state index in [4.69, 9.17) is 0 Å². The molecule has 6 nitrogen and oxygen atoms in total. The van der Waals surface area contributed by atoms with Gasteiger partial charge in [0.05, 0.1) is 0 Å². The minimum Gasteiger partial charge on any atom is -0.353 e. The second kappa shape index (κ2) is 6.15. The second-order valence-electron chi connectivity index (χ2n) is 8.62. The standard InChI is InChI=1S/C19H27N3O3/c1-12(19-9-13-6-14(10-19)8-15(7-13)11-19)20-16(23)2-4-22-5-3-17(24)21-18(22)25/h3,5,12-15H,2,4,6-11H2,1H3,(H,20,23)(H,21,24,25). The van der Waals surface area contributed by atoms with Gasteiger partial charge in [-0.25, -0.2) is 4.79 Å². The number of H-pyrrole nitrogens is 1. The fourth-order valence-corrected chi connectivity index (χ4v) is 6.02. The molecule has 0 radical (unpaired) electrons. The first-order valence-corrected chi connectivity index (χ1v) is 9.53. The summed E-state index contributed by atoms with van der Waals surface area (Å²) in [6.45, 7) is 2.45. The van der Waals surface area contributed by atoms with Crippen LogP contribution in [0.25, 0.3) is 0 Å². The maximum Gasteiger partial charge on any atom is 0.328 e. The molecule has 1 aromatic heterocycles. The normalized spacial score (nSPS) is 34.0. The molecule has 2 N–H and O–H groups in total. The number of carbonyl (C=O) groups is 1. The molecule has 1 heterocycles. The molecule has 1 unspecified atom stereocenters. The highest BCUT2D eigenvalue weighted by atomic mass is 16.2. The molecule has 0 aliphatic heterocycles. The highest BCUT2D eigenvalue weighted by molar-refractivity contribution is 5.76. The van der Waals surface area contributed by atoms with E-state index in [1.807, 2.05) is 0 Å². The summed E-state index contributed by atoms with van der Waals surface area (Å²) < 4.78 is 1.37. The molecule has 4 aliphatic carbocycles. The first-order chi connectivity index (χ1) is 11.9. The maximum absolute atomic E-state index is 12.4. The SMILES string of the molecule is CC(NC(=O)CCn1ccc(=O)[nH]c1=O)C12CC3CC(CC(C3)C1)C2. The highest BCUT2D eigenvalue weighted by Gasteiger charge is 2.53. The Morgan fingerprint density at radius 2 is 1.84 bits per heavy atom. The number of aryl methyl sites for hydroxylation is 1. The zero-order valence-corrected chi connectivity index (χ0v) is 14.8. The summed E-state index contributed by atoms with van der Waals surface area (Å²) in [7, 11) is 0. The van der Waals surface area contributed by atoms with Crippen molar-refractivity contribution in [3.05, 3.63) is 33.1 Å². The molecule has 1 amide bonds. The third kappa shape index (κ3) is 3.18. The monoisotopic (exact) mass is 345 g/mol. The average molecular weight is 345 g/mol. The fourth-order valence-electron chi connectivity index (χ4n) is 6.02. The molecule has 4 aliphatic rings. The van der Waals surface area contributed by atoms with Crippen molar-refractivity contribution in [1.29, 1.82) is 0 Å².